The van der Waals surface area contributed by atoms with Gasteiger partial charge in [-0.25, -0.2) is 9.97 Å². The van der Waals surface area contributed by atoms with Gasteiger partial charge in [0.05, 0.1) is 10.2 Å². The summed E-state index contributed by atoms with van der Waals surface area (Å²) in [6.45, 7) is 6.19. The van der Waals surface area contributed by atoms with Crippen molar-refractivity contribution < 1.29 is 0 Å². The molecule has 0 fully saturated rings. The van der Waals surface area contributed by atoms with Gasteiger partial charge in [0, 0.05) is 6.42 Å². The molecule has 0 aliphatic heterocycles. The Labute approximate surface area is 91.9 Å². The van der Waals surface area contributed by atoms with Crippen LogP contribution in [0.15, 0.2) is 4.47 Å². The Balaban J connectivity index is 2.99. The summed E-state index contributed by atoms with van der Waals surface area (Å²) < 4.78 is 0.793. The lowest BCUT2D eigenvalue weighted by Gasteiger charge is -2.06. The van der Waals surface area contributed by atoms with Crippen molar-refractivity contribution in [2.75, 3.05) is 0 Å². The molecule has 0 N–H and O–H groups in total. The zero-order valence-corrected chi connectivity index (χ0v) is 10.3. The number of hydrogen-bond acceptors (Lipinski definition) is 2. The van der Waals surface area contributed by atoms with E-state index in [1.54, 1.807) is 0 Å². The molecule has 0 aromatic carbocycles. The zero-order chi connectivity index (χ0) is 10.0. The van der Waals surface area contributed by atoms with E-state index < -0.39 is 0 Å². The predicted octanol–water partition coefficient (Wildman–Crippen LogP) is 3.40. The lowest BCUT2D eigenvalue weighted by atomic mass is 10.1. The highest BCUT2D eigenvalue weighted by Crippen LogP contribution is 2.23. The van der Waals surface area contributed by atoms with E-state index in [4.69, 9.17) is 11.6 Å². The fraction of sp³-hybridized carbons (Fsp3) is 0.556. The molecule has 0 amide bonds. The van der Waals surface area contributed by atoms with Crippen molar-refractivity contribution in [1.82, 2.24) is 9.97 Å². The summed E-state index contributed by atoms with van der Waals surface area (Å²) >= 11 is 9.23. The second-order valence-electron chi connectivity index (χ2n) is 3.43. The summed E-state index contributed by atoms with van der Waals surface area (Å²) in [4.78, 5) is 8.51. The molecule has 0 saturated carbocycles. The molecule has 1 aromatic rings. The summed E-state index contributed by atoms with van der Waals surface area (Å²) in [5.41, 5.74) is 0.899. The highest BCUT2D eigenvalue weighted by Gasteiger charge is 2.08. The van der Waals surface area contributed by atoms with Crippen molar-refractivity contribution in [3.8, 4) is 0 Å². The van der Waals surface area contributed by atoms with Crippen molar-refractivity contribution in [3.05, 3.63) is 21.1 Å². The van der Waals surface area contributed by atoms with Crippen molar-refractivity contribution in [1.29, 1.82) is 0 Å². The van der Waals surface area contributed by atoms with Gasteiger partial charge in [-0.2, -0.15) is 0 Å². The third kappa shape index (κ3) is 2.92. The molecule has 0 aliphatic carbocycles. The molecule has 13 heavy (non-hydrogen) atoms. The summed E-state index contributed by atoms with van der Waals surface area (Å²) in [5, 5.41) is 0.503. The molecular formula is C9H12BrClN2. The lowest BCUT2D eigenvalue weighted by molar-refractivity contribution is 0.618. The molecule has 0 unspecified atom stereocenters. The van der Waals surface area contributed by atoms with Crippen molar-refractivity contribution in [2.45, 2.75) is 27.2 Å². The van der Waals surface area contributed by atoms with Gasteiger partial charge in [0.15, 0.2) is 0 Å². The van der Waals surface area contributed by atoms with Gasteiger partial charge in [0.1, 0.15) is 11.0 Å². The van der Waals surface area contributed by atoms with Gasteiger partial charge < -0.3 is 0 Å². The standard InChI is InChI=1S/C9H12BrClN2/c1-5(2)4-7-12-6(3)8(10)9(11)13-7/h5H,4H2,1-3H3. The molecule has 0 saturated heterocycles. The van der Waals surface area contributed by atoms with Crippen LogP contribution in [-0.2, 0) is 6.42 Å². The van der Waals surface area contributed by atoms with Crippen LogP contribution < -0.4 is 0 Å². The normalized spacial score (nSPS) is 10.9. The molecule has 1 heterocycles. The predicted molar refractivity (Wildman–Crippen MR) is 58.0 cm³/mol. The maximum Gasteiger partial charge on any atom is 0.147 e. The Hall–Kier alpha value is -0.150. The average Bonchev–Trinajstić information content (AvgIpc) is 1.98. The summed E-state index contributed by atoms with van der Waals surface area (Å²) in [6, 6.07) is 0. The van der Waals surface area contributed by atoms with Gasteiger partial charge in [-0.15, -0.1) is 0 Å². The quantitative estimate of drug-likeness (QED) is 0.764. The fourth-order valence-corrected chi connectivity index (χ4v) is 1.45. The van der Waals surface area contributed by atoms with Gasteiger partial charge in [0.25, 0.3) is 0 Å². The topological polar surface area (TPSA) is 25.8 Å². The molecular weight excluding hydrogens is 251 g/mol. The van der Waals surface area contributed by atoms with E-state index in [1.807, 2.05) is 6.92 Å². The first-order chi connectivity index (χ1) is 6.00. The molecule has 2 nitrogen and oxygen atoms in total. The van der Waals surface area contributed by atoms with Gasteiger partial charge in [-0.1, -0.05) is 25.4 Å². The SMILES string of the molecule is Cc1nc(CC(C)C)nc(Cl)c1Br. The number of nitrogens with zero attached hydrogens (tertiary/aromatic N) is 2. The molecule has 0 aliphatic rings. The second kappa shape index (κ2) is 4.38. The van der Waals surface area contributed by atoms with E-state index in [0.717, 1.165) is 22.4 Å². The third-order valence-corrected chi connectivity index (χ3v) is 3.06. The average molecular weight is 264 g/mol. The molecule has 1 aromatic heterocycles. The lowest BCUT2D eigenvalue weighted by Crippen LogP contribution is -2.03. The fourth-order valence-electron chi connectivity index (χ4n) is 1.04. The number of aryl methyl sites for hydroxylation is 1. The Kier molecular flexibility index (Phi) is 3.68. The maximum atomic E-state index is 5.90. The molecule has 72 valence electrons. The van der Waals surface area contributed by atoms with E-state index in [-0.39, 0.29) is 0 Å². The van der Waals surface area contributed by atoms with Crippen LogP contribution in [0.3, 0.4) is 0 Å². The van der Waals surface area contributed by atoms with Gasteiger partial charge in [0.2, 0.25) is 0 Å². The van der Waals surface area contributed by atoms with Crippen LogP contribution in [0.5, 0.6) is 0 Å². The first-order valence-electron chi connectivity index (χ1n) is 4.19. The highest BCUT2D eigenvalue weighted by atomic mass is 79.9. The van der Waals surface area contributed by atoms with Crippen LogP contribution in [0.2, 0.25) is 5.15 Å². The number of rotatable bonds is 2. The van der Waals surface area contributed by atoms with Crippen LogP contribution >= 0.6 is 27.5 Å². The maximum absolute atomic E-state index is 5.90. The zero-order valence-electron chi connectivity index (χ0n) is 7.93. The second-order valence-corrected chi connectivity index (χ2v) is 4.58. The van der Waals surface area contributed by atoms with E-state index >= 15 is 0 Å². The number of hydrogen-bond donors (Lipinski definition) is 0. The van der Waals surface area contributed by atoms with Crippen molar-refractivity contribution in [3.63, 3.8) is 0 Å². The Morgan fingerprint density at radius 3 is 2.46 bits per heavy atom. The molecule has 0 bridgehead atoms. The van der Waals surface area contributed by atoms with E-state index in [0.29, 0.717) is 11.1 Å². The first kappa shape index (κ1) is 10.9. The Morgan fingerprint density at radius 1 is 1.38 bits per heavy atom. The van der Waals surface area contributed by atoms with E-state index in [9.17, 15) is 0 Å². The smallest absolute Gasteiger partial charge is 0.147 e. The van der Waals surface area contributed by atoms with Gasteiger partial charge >= 0.3 is 0 Å². The monoisotopic (exact) mass is 262 g/mol. The first-order valence-corrected chi connectivity index (χ1v) is 5.36. The third-order valence-electron chi connectivity index (χ3n) is 1.61. The van der Waals surface area contributed by atoms with Crippen LogP contribution in [-0.4, -0.2) is 9.97 Å². The molecule has 1 rings (SSSR count). The molecule has 4 heteroatoms. The van der Waals surface area contributed by atoms with Crippen LogP contribution in [0.1, 0.15) is 25.4 Å². The Morgan fingerprint density at radius 2 is 2.00 bits per heavy atom. The van der Waals surface area contributed by atoms with Gasteiger partial charge in [-0.05, 0) is 28.8 Å². The van der Waals surface area contributed by atoms with Crippen molar-refractivity contribution in [2.24, 2.45) is 5.92 Å². The summed E-state index contributed by atoms with van der Waals surface area (Å²) in [7, 11) is 0. The largest absolute Gasteiger partial charge is 0.237 e. The molecule has 0 radical (unpaired) electrons. The highest BCUT2D eigenvalue weighted by molar-refractivity contribution is 9.10. The number of halogens is 2. The summed E-state index contributed by atoms with van der Waals surface area (Å²) in [5.74, 6) is 1.37. The number of aromatic nitrogens is 2. The van der Waals surface area contributed by atoms with Crippen molar-refractivity contribution >= 4 is 27.5 Å². The Bertz CT molecular complexity index is 289. The van der Waals surface area contributed by atoms with Crippen LogP contribution in [0.25, 0.3) is 0 Å². The minimum Gasteiger partial charge on any atom is -0.237 e. The van der Waals surface area contributed by atoms with Crippen LogP contribution in [0.4, 0.5) is 0 Å². The van der Waals surface area contributed by atoms with Gasteiger partial charge in [-0.3, -0.25) is 0 Å². The van der Waals surface area contributed by atoms with E-state index in [1.165, 1.54) is 0 Å². The minimum absolute atomic E-state index is 0.503. The van der Waals surface area contributed by atoms with E-state index in [2.05, 4.69) is 39.7 Å². The minimum atomic E-state index is 0.503. The van der Waals surface area contributed by atoms with Crippen LogP contribution in [0, 0.1) is 12.8 Å². The summed E-state index contributed by atoms with van der Waals surface area (Å²) in [6.07, 6.45) is 0.869. The molecule has 0 atom stereocenters. The molecule has 0 spiro atoms.